The first-order valence-corrected chi connectivity index (χ1v) is 15.6. The molecular weight excluding hydrogens is 569 g/mol. The molecule has 0 aromatic heterocycles. The second-order valence-corrected chi connectivity index (χ2v) is 12.6. The largest absolute Gasteiger partial charge is 0.352 e. The number of halogens is 2. The van der Waals surface area contributed by atoms with Crippen molar-refractivity contribution in [2.24, 2.45) is 0 Å². The molecule has 0 aliphatic heterocycles. The van der Waals surface area contributed by atoms with Gasteiger partial charge in [-0.3, -0.25) is 13.9 Å². The lowest BCUT2D eigenvalue weighted by molar-refractivity contribution is -0.140. The van der Waals surface area contributed by atoms with Gasteiger partial charge in [0.05, 0.1) is 17.0 Å². The van der Waals surface area contributed by atoms with Crippen molar-refractivity contribution in [3.63, 3.8) is 0 Å². The normalized spacial score (nSPS) is 12.8. The van der Waals surface area contributed by atoms with E-state index in [9.17, 15) is 18.0 Å². The second-order valence-electron chi connectivity index (χ2n) is 9.90. The van der Waals surface area contributed by atoms with Crippen LogP contribution in [0.3, 0.4) is 0 Å². The van der Waals surface area contributed by atoms with Gasteiger partial charge in [-0.05, 0) is 49.6 Å². The topological polar surface area (TPSA) is 86.8 Å². The average Bonchev–Trinajstić information content (AvgIpc) is 2.90. The van der Waals surface area contributed by atoms with Gasteiger partial charge in [0, 0.05) is 24.0 Å². The van der Waals surface area contributed by atoms with E-state index in [0.717, 1.165) is 27.3 Å². The van der Waals surface area contributed by atoms with E-state index in [1.807, 2.05) is 75.4 Å². The highest BCUT2D eigenvalue weighted by atomic mass is 35.5. The Balaban J connectivity index is 2.07. The van der Waals surface area contributed by atoms with Crippen LogP contribution in [0, 0.1) is 6.92 Å². The van der Waals surface area contributed by atoms with E-state index >= 15 is 0 Å². The molecule has 0 fully saturated rings. The summed E-state index contributed by atoms with van der Waals surface area (Å²) in [5.41, 5.74) is 2.86. The number of amides is 2. The Hall–Kier alpha value is -3.07. The van der Waals surface area contributed by atoms with Crippen molar-refractivity contribution in [2.45, 2.75) is 52.2 Å². The Kier molecular flexibility index (Phi) is 11.0. The first-order chi connectivity index (χ1) is 18.9. The maximum absolute atomic E-state index is 14.1. The second kappa shape index (κ2) is 14.0. The summed E-state index contributed by atoms with van der Waals surface area (Å²) < 4.78 is 26.7. The molecule has 0 saturated carbocycles. The predicted molar refractivity (Wildman–Crippen MR) is 162 cm³/mol. The molecular formula is C30H35Cl2N3O4S. The fourth-order valence-electron chi connectivity index (χ4n) is 4.16. The Labute approximate surface area is 247 Å². The average molecular weight is 605 g/mol. The molecule has 214 valence electrons. The van der Waals surface area contributed by atoms with Crippen molar-refractivity contribution in [1.29, 1.82) is 0 Å². The standard InChI is InChI=1S/C30H35Cl2N3O4S/c1-5-22(3)33-30(37)28(17-23-9-7-6-8-10-23)34(19-24-13-11-21(2)12-14-24)29(36)20-35(40(4,38)39)27-16-15-25(31)18-26(27)32/h6-16,18,22,28H,5,17,19-20H2,1-4H3,(H,33,37)/t22-,28-/m0/s1. The molecule has 2 atom stereocenters. The summed E-state index contributed by atoms with van der Waals surface area (Å²) in [4.78, 5) is 29.2. The third-order valence-corrected chi connectivity index (χ3v) is 8.27. The molecule has 40 heavy (non-hydrogen) atoms. The Morgan fingerprint density at radius 2 is 1.60 bits per heavy atom. The monoisotopic (exact) mass is 603 g/mol. The van der Waals surface area contributed by atoms with Gasteiger partial charge in [0.2, 0.25) is 21.8 Å². The van der Waals surface area contributed by atoms with Crippen LogP contribution >= 0.6 is 23.2 Å². The minimum absolute atomic E-state index is 0.0890. The molecule has 0 unspecified atom stereocenters. The molecule has 1 N–H and O–H groups in total. The maximum Gasteiger partial charge on any atom is 0.244 e. The van der Waals surface area contributed by atoms with Gasteiger partial charge in [0.1, 0.15) is 12.6 Å². The molecule has 7 nitrogen and oxygen atoms in total. The third kappa shape index (κ3) is 8.71. The molecule has 10 heteroatoms. The zero-order chi connectivity index (χ0) is 29.4. The minimum Gasteiger partial charge on any atom is -0.352 e. The molecule has 0 spiro atoms. The van der Waals surface area contributed by atoms with Gasteiger partial charge in [0.25, 0.3) is 0 Å². The number of rotatable bonds is 12. The number of nitrogens with one attached hydrogen (secondary N) is 1. The number of sulfonamides is 1. The summed E-state index contributed by atoms with van der Waals surface area (Å²) in [6, 6.07) is 20.5. The van der Waals surface area contributed by atoms with E-state index < -0.39 is 28.5 Å². The molecule has 3 rings (SSSR count). The molecule has 0 radical (unpaired) electrons. The van der Waals surface area contributed by atoms with Crippen LogP contribution in [0.4, 0.5) is 5.69 Å². The molecule has 0 bridgehead atoms. The van der Waals surface area contributed by atoms with E-state index in [1.54, 1.807) is 0 Å². The van der Waals surface area contributed by atoms with Gasteiger partial charge < -0.3 is 10.2 Å². The van der Waals surface area contributed by atoms with Crippen LogP contribution in [0.5, 0.6) is 0 Å². The number of hydrogen-bond acceptors (Lipinski definition) is 4. The number of carbonyl (C=O) groups is 2. The highest BCUT2D eigenvalue weighted by Gasteiger charge is 2.33. The highest BCUT2D eigenvalue weighted by molar-refractivity contribution is 7.92. The summed E-state index contributed by atoms with van der Waals surface area (Å²) in [5, 5.41) is 3.43. The minimum atomic E-state index is -3.93. The fraction of sp³-hybridized carbons (Fsp3) is 0.333. The summed E-state index contributed by atoms with van der Waals surface area (Å²) >= 11 is 12.4. The van der Waals surface area contributed by atoms with Crippen molar-refractivity contribution in [3.05, 3.63) is 99.5 Å². The van der Waals surface area contributed by atoms with Crippen molar-refractivity contribution < 1.29 is 18.0 Å². The first-order valence-electron chi connectivity index (χ1n) is 13.0. The summed E-state index contributed by atoms with van der Waals surface area (Å²) in [6.45, 7) is 5.39. The highest BCUT2D eigenvalue weighted by Crippen LogP contribution is 2.30. The van der Waals surface area contributed by atoms with Crippen LogP contribution in [0.2, 0.25) is 10.0 Å². The SMILES string of the molecule is CC[C@H](C)NC(=O)[C@H](Cc1ccccc1)N(Cc1ccc(C)cc1)C(=O)CN(c1ccc(Cl)cc1Cl)S(C)(=O)=O. The van der Waals surface area contributed by atoms with Crippen LogP contribution in [0.25, 0.3) is 0 Å². The van der Waals surface area contributed by atoms with Crippen LogP contribution in [-0.2, 0) is 32.6 Å². The Morgan fingerprint density at radius 1 is 0.950 bits per heavy atom. The van der Waals surface area contributed by atoms with Crippen LogP contribution < -0.4 is 9.62 Å². The number of carbonyl (C=O) groups excluding carboxylic acids is 2. The lowest BCUT2D eigenvalue weighted by atomic mass is 10.0. The van der Waals surface area contributed by atoms with E-state index in [0.29, 0.717) is 11.4 Å². The molecule has 3 aromatic rings. The number of anilines is 1. The van der Waals surface area contributed by atoms with Gasteiger partial charge in [-0.15, -0.1) is 0 Å². The number of aryl methyl sites for hydroxylation is 1. The summed E-state index contributed by atoms with van der Waals surface area (Å²) in [6.07, 6.45) is 1.97. The van der Waals surface area contributed by atoms with Gasteiger partial charge in [-0.1, -0.05) is 90.3 Å². The molecule has 0 aliphatic carbocycles. The van der Waals surface area contributed by atoms with E-state index in [-0.39, 0.29) is 35.6 Å². The number of hydrogen-bond donors (Lipinski definition) is 1. The fourth-order valence-corrected chi connectivity index (χ4v) is 5.59. The lowest BCUT2D eigenvalue weighted by Gasteiger charge is -2.34. The Bertz CT molecular complexity index is 1420. The number of nitrogens with zero attached hydrogens (tertiary/aromatic N) is 2. The van der Waals surface area contributed by atoms with Gasteiger partial charge in [0.15, 0.2) is 0 Å². The Morgan fingerprint density at radius 3 is 2.17 bits per heavy atom. The maximum atomic E-state index is 14.1. The van der Waals surface area contributed by atoms with Crippen molar-refractivity contribution >= 4 is 50.7 Å². The molecule has 2 amide bonds. The van der Waals surface area contributed by atoms with E-state index in [1.165, 1.54) is 23.1 Å². The quantitative estimate of drug-likeness (QED) is 0.291. The molecule has 0 heterocycles. The van der Waals surface area contributed by atoms with E-state index in [2.05, 4.69) is 5.32 Å². The first kappa shape index (κ1) is 31.5. The predicted octanol–water partition coefficient (Wildman–Crippen LogP) is 5.62. The summed E-state index contributed by atoms with van der Waals surface area (Å²) in [7, 11) is -3.93. The third-order valence-electron chi connectivity index (χ3n) is 6.60. The van der Waals surface area contributed by atoms with Crippen LogP contribution in [0.1, 0.15) is 37.0 Å². The molecule has 3 aromatic carbocycles. The van der Waals surface area contributed by atoms with Crippen molar-refractivity contribution in [2.75, 3.05) is 17.1 Å². The molecule has 0 saturated heterocycles. The van der Waals surface area contributed by atoms with Crippen LogP contribution in [-0.4, -0.2) is 50.0 Å². The van der Waals surface area contributed by atoms with Gasteiger partial charge in [-0.25, -0.2) is 8.42 Å². The van der Waals surface area contributed by atoms with Gasteiger partial charge in [-0.2, -0.15) is 0 Å². The van der Waals surface area contributed by atoms with Gasteiger partial charge >= 0.3 is 0 Å². The summed E-state index contributed by atoms with van der Waals surface area (Å²) in [5.74, 6) is -0.855. The molecule has 0 aliphatic rings. The smallest absolute Gasteiger partial charge is 0.244 e. The van der Waals surface area contributed by atoms with Crippen molar-refractivity contribution in [3.8, 4) is 0 Å². The van der Waals surface area contributed by atoms with Crippen molar-refractivity contribution in [1.82, 2.24) is 10.2 Å². The number of benzene rings is 3. The van der Waals surface area contributed by atoms with Crippen LogP contribution in [0.15, 0.2) is 72.8 Å². The van der Waals surface area contributed by atoms with E-state index in [4.69, 9.17) is 23.2 Å². The zero-order valence-electron chi connectivity index (χ0n) is 23.1. The zero-order valence-corrected chi connectivity index (χ0v) is 25.4. The lowest BCUT2D eigenvalue weighted by Crippen LogP contribution is -2.54.